The third-order valence-corrected chi connectivity index (χ3v) is 13.1. The fraction of sp³-hybridized carbons (Fsp3) is 0.474. The number of nitrogens with zero attached hydrogens (tertiary/aromatic N) is 2. The molecule has 11 nitrogen and oxygen atoms in total. The zero-order valence-electron chi connectivity index (χ0n) is 29.5. The first-order valence-corrected chi connectivity index (χ1v) is 19.6. The van der Waals surface area contributed by atoms with Crippen LogP contribution in [0.15, 0.2) is 67.0 Å². The van der Waals surface area contributed by atoms with Crippen LogP contribution >= 0.6 is 0 Å². The van der Waals surface area contributed by atoms with Gasteiger partial charge in [0.05, 0.1) is 16.9 Å². The van der Waals surface area contributed by atoms with E-state index in [4.69, 9.17) is 4.74 Å². The van der Waals surface area contributed by atoms with Crippen molar-refractivity contribution in [3.63, 3.8) is 0 Å². The zero-order chi connectivity index (χ0) is 38.5. The van der Waals surface area contributed by atoms with Gasteiger partial charge in [0.25, 0.3) is 5.91 Å². The lowest BCUT2D eigenvalue weighted by molar-refractivity contribution is -0.140. The topological polar surface area (TPSA) is 147 Å². The Morgan fingerprint density at radius 1 is 1.09 bits per heavy atom. The van der Waals surface area contributed by atoms with Crippen LogP contribution in [0.2, 0.25) is 0 Å². The highest BCUT2D eigenvalue weighted by Gasteiger charge is 2.63. The van der Waals surface area contributed by atoms with Crippen LogP contribution in [0.5, 0.6) is 5.75 Å². The Bertz CT molecular complexity index is 2100. The van der Waals surface area contributed by atoms with Crippen molar-refractivity contribution in [1.82, 2.24) is 19.9 Å². The number of benzene rings is 2. The number of nitrogens with one attached hydrogen (secondary N) is 3. The van der Waals surface area contributed by atoms with E-state index in [0.29, 0.717) is 55.7 Å². The number of carbonyl (C=O) groups is 3. The van der Waals surface area contributed by atoms with Crippen molar-refractivity contribution in [3.8, 4) is 5.75 Å². The highest BCUT2D eigenvalue weighted by Crippen LogP contribution is 2.47. The quantitative estimate of drug-likeness (QED) is 0.208. The minimum absolute atomic E-state index is 0.0201. The summed E-state index contributed by atoms with van der Waals surface area (Å²) in [7, 11) is -4.04. The molecule has 1 saturated heterocycles. The van der Waals surface area contributed by atoms with Crippen molar-refractivity contribution in [1.29, 1.82) is 0 Å². The summed E-state index contributed by atoms with van der Waals surface area (Å²) < 4.78 is 89.0. The molecular formula is C38H41F4N5O6S. The first-order chi connectivity index (χ1) is 25.6. The molecule has 0 bridgehead atoms. The van der Waals surface area contributed by atoms with E-state index in [1.54, 1.807) is 43.6 Å². The van der Waals surface area contributed by atoms with Gasteiger partial charge >= 0.3 is 6.18 Å². The molecule has 0 radical (unpaired) electrons. The third-order valence-electron chi connectivity index (χ3n) is 11.0. The van der Waals surface area contributed by atoms with Crippen LogP contribution in [0.1, 0.15) is 70.3 Å². The minimum atomic E-state index is -4.84. The number of amides is 3. The molecule has 7 rings (SSSR count). The maximum Gasteiger partial charge on any atom is 0.416 e. The number of anilines is 1. The van der Waals surface area contributed by atoms with E-state index >= 15 is 0 Å². The highest BCUT2D eigenvalue weighted by atomic mass is 32.2. The monoisotopic (exact) mass is 771 g/mol. The molecule has 2 aliphatic carbocycles. The maximum atomic E-state index is 14.5. The number of ether oxygens (including phenoxy) is 1. The lowest BCUT2D eigenvalue weighted by atomic mass is 10.0. The Balaban J connectivity index is 1.21. The smallest absolute Gasteiger partial charge is 0.416 e. The Morgan fingerprint density at radius 2 is 1.89 bits per heavy atom. The van der Waals surface area contributed by atoms with Gasteiger partial charge in [0.15, 0.2) is 0 Å². The number of aromatic nitrogens is 1. The van der Waals surface area contributed by atoms with Crippen molar-refractivity contribution >= 4 is 44.2 Å². The Morgan fingerprint density at radius 3 is 2.65 bits per heavy atom. The van der Waals surface area contributed by atoms with E-state index in [1.165, 1.54) is 4.90 Å². The van der Waals surface area contributed by atoms with Crippen LogP contribution < -0.4 is 20.1 Å². The molecule has 3 fully saturated rings. The van der Waals surface area contributed by atoms with Crippen molar-refractivity contribution in [2.45, 2.75) is 99.4 Å². The standard InChI is InChI=1S/C38H41F4N5O6S/c1-36(13-14-36)54(51,52)46-35(50)37-20-24(37)9-5-3-2-4-6-10-30(44-27-17-25(38(40,41)42)16-26(39)18-27)34(49)47-22-28(19-31(47)33(48)45-37)53-32-11-7-8-23-12-15-43-21-29(23)32/h5,7-9,11-12,15-18,21,24,28,30-31,44H,2-4,6,10,13-14,19-20,22H2,1H3,(H,45,48)(H,46,50)/t24-,28-,30+,31+,37-/m1/s1. The fourth-order valence-electron chi connectivity index (χ4n) is 7.35. The van der Waals surface area contributed by atoms with Gasteiger partial charge in [-0.3, -0.25) is 24.1 Å². The average Bonchev–Trinajstić information content (AvgIpc) is 4.00. The number of rotatable bonds is 7. The number of hydrogen-bond acceptors (Lipinski definition) is 8. The molecule has 0 unspecified atom stereocenters. The van der Waals surface area contributed by atoms with E-state index in [9.17, 15) is 40.4 Å². The number of carbonyl (C=O) groups excluding carboxylic acids is 3. The highest BCUT2D eigenvalue weighted by molar-refractivity contribution is 7.91. The van der Waals surface area contributed by atoms with Gasteiger partial charge in [-0.05, 0) is 81.2 Å². The number of alkyl halides is 3. The second-order valence-electron chi connectivity index (χ2n) is 15.0. The Kier molecular flexibility index (Phi) is 9.86. The van der Waals surface area contributed by atoms with E-state index in [2.05, 4.69) is 20.3 Å². The van der Waals surface area contributed by atoms with Gasteiger partial charge in [-0.2, -0.15) is 13.2 Å². The summed E-state index contributed by atoms with van der Waals surface area (Å²) in [4.78, 5) is 48.1. The van der Waals surface area contributed by atoms with Crippen molar-refractivity contribution < 1.29 is 45.1 Å². The van der Waals surface area contributed by atoms with Crippen LogP contribution in [-0.2, 0) is 30.6 Å². The zero-order valence-corrected chi connectivity index (χ0v) is 30.3. The van der Waals surface area contributed by atoms with Crippen LogP contribution in [0, 0.1) is 11.7 Å². The summed E-state index contributed by atoms with van der Waals surface area (Å²) >= 11 is 0. The molecular weight excluding hydrogens is 731 g/mol. The Labute approximate surface area is 310 Å². The molecule has 54 heavy (non-hydrogen) atoms. The normalized spacial score (nSPS) is 27.2. The lowest BCUT2D eigenvalue weighted by Gasteiger charge is -2.30. The summed E-state index contributed by atoms with van der Waals surface area (Å²) in [5, 5.41) is 7.18. The predicted molar refractivity (Wildman–Crippen MR) is 191 cm³/mol. The van der Waals surface area contributed by atoms with Crippen molar-refractivity contribution in [2.75, 3.05) is 11.9 Å². The largest absolute Gasteiger partial charge is 0.488 e. The Hall–Kier alpha value is -4.73. The van der Waals surface area contributed by atoms with E-state index in [-0.39, 0.29) is 31.5 Å². The van der Waals surface area contributed by atoms with Crippen molar-refractivity contribution in [3.05, 3.63) is 78.4 Å². The van der Waals surface area contributed by atoms with Gasteiger partial charge in [0.1, 0.15) is 35.3 Å². The first-order valence-electron chi connectivity index (χ1n) is 18.1. The number of halogens is 4. The summed E-state index contributed by atoms with van der Waals surface area (Å²) in [5.74, 6) is -3.38. The van der Waals surface area contributed by atoms with Gasteiger partial charge in [0.2, 0.25) is 21.8 Å². The number of hydrogen-bond donors (Lipinski definition) is 3. The summed E-state index contributed by atoms with van der Waals surface area (Å²) in [6.45, 7) is 1.45. The first kappa shape index (κ1) is 37.6. The summed E-state index contributed by atoms with van der Waals surface area (Å²) in [6, 6.07) is 6.82. The second-order valence-corrected chi connectivity index (χ2v) is 17.2. The number of allylic oxidation sites excluding steroid dienone is 1. The molecule has 3 amide bonds. The van der Waals surface area contributed by atoms with Gasteiger partial charge in [-0.15, -0.1) is 0 Å². The number of fused-ring (bicyclic) bond motifs is 3. The molecule has 5 atom stereocenters. The summed E-state index contributed by atoms with van der Waals surface area (Å²) in [6.07, 6.45) is 4.84. The molecule has 3 heterocycles. The molecule has 1 aromatic heterocycles. The van der Waals surface area contributed by atoms with E-state index < -0.39 is 79.7 Å². The average molecular weight is 772 g/mol. The van der Waals surface area contributed by atoms with Crippen LogP contribution in [0.25, 0.3) is 10.8 Å². The number of pyridine rings is 1. The predicted octanol–water partition coefficient (Wildman–Crippen LogP) is 5.62. The molecule has 3 N–H and O–H groups in total. The molecule has 2 saturated carbocycles. The number of sulfonamides is 1. The van der Waals surface area contributed by atoms with Crippen LogP contribution in [0.3, 0.4) is 0 Å². The summed E-state index contributed by atoms with van der Waals surface area (Å²) in [5.41, 5.74) is -3.06. The fourth-order valence-corrected chi connectivity index (χ4v) is 8.66. The molecule has 16 heteroatoms. The van der Waals surface area contributed by atoms with Crippen LogP contribution in [0.4, 0.5) is 23.2 Å². The molecule has 2 aliphatic heterocycles. The SMILES string of the molecule is CC1(S(=O)(=O)NC(=O)[C@@]23C[C@H]2C=CCCCCC[C@H](Nc2cc(F)cc(C(F)(F)F)c2)C(=O)N2C[C@H](Oc4cccc5ccncc45)C[C@H]2C(=O)N3)CC1. The third kappa shape index (κ3) is 7.62. The molecule has 288 valence electrons. The maximum absolute atomic E-state index is 14.5. The molecule has 4 aliphatic rings. The van der Waals surface area contributed by atoms with Gasteiger partial charge < -0.3 is 20.3 Å². The molecule has 3 aromatic rings. The van der Waals surface area contributed by atoms with E-state index in [0.717, 1.165) is 17.5 Å². The van der Waals surface area contributed by atoms with Gasteiger partial charge in [-0.25, -0.2) is 12.8 Å². The van der Waals surface area contributed by atoms with Gasteiger partial charge in [0, 0.05) is 35.8 Å². The molecule has 2 aromatic carbocycles. The van der Waals surface area contributed by atoms with Gasteiger partial charge in [-0.1, -0.05) is 37.1 Å². The lowest BCUT2D eigenvalue weighted by Crippen LogP contribution is -2.58. The molecule has 0 spiro atoms. The minimum Gasteiger partial charge on any atom is -0.488 e. The van der Waals surface area contributed by atoms with Crippen LogP contribution in [-0.4, -0.2) is 71.0 Å². The van der Waals surface area contributed by atoms with E-state index in [1.807, 2.05) is 12.1 Å². The van der Waals surface area contributed by atoms with Crippen molar-refractivity contribution in [2.24, 2.45) is 5.92 Å². The second kappa shape index (κ2) is 14.2.